The highest BCUT2D eigenvalue weighted by molar-refractivity contribution is 7.17. The molecular weight excluding hydrogens is 492 g/mol. The number of carbonyl (C=O) groups is 1. The summed E-state index contributed by atoms with van der Waals surface area (Å²) in [6.07, 6.45) is 4.53. The number of aromatic nitrogens is 2. The minimum Gasteiger partial charge on any atom is -0.466 e. The van der Waals surface area contributed by atoms with Crippen LogP contribution in [0.3, 0.4) is 0 Å². The summed E-state index contributed by atoms with van der Waals surface area (Å²) in [7, 11) is 0. The van der Waals surface area contributed by atoms with Crippen LogP contribution in [0, 0.1) is 23.2 Å². The number of esters is 1. The molecule has 0 unspecified atom stereocenters. The van der Waals surface area contributed by atoms with Gasteiger partial charge in [-0.05, 0) is 80.8 Å². The van der Waals surface area contributed by atoms with Crippen molar-refractivity contribution in [1.29, 1.82) is 5.26 Å². The second-order valence-electron chi connectivity index (χ2n) is 10.4. The summed E-state index contributed by atoms with van der Waals surface area (Å²) >= 11 is 1.58. The van der Waals surface area contributed by atoms with Gasteiger partial charge in [-0.2, -0.15) is 5.26 Å². The fourth-order valence-electron chi connectivity index (χ4n) is 5.30. The molecule has 1 aromatic heterocycles. The van der Waals surface area contributed by atoms with Gasteiger partial charge in [-0.3, -0.25) is 4.79 Å². The van der Waals surface area contributed by atoms with Gasteiger partial charge in [0.1, 0.15) is 10.0 Å². The third kappa shape index (κ3) is 6.67. The Morgan fingerprint density at radius 2 is 1.89 bits per heavy atom. The second kappa shape index (κ2) is 13.1. The first kappa shape index (κ1) is 27.9. The lowest BCUT2D eigenvalue weighted by Gasteiger charge is -2.31. The van der Waals surface area contributed by atoms with E-state index in [9.17, 15) is 10.1 Å². The standard InChI is InChI=1S/C31H38N4O2S/c1-5-27-22(12-15-35-16-13-23(14-17-35)31(36)37-6-2)8-7-9-28(27)30-34-33-29(38-30)25-11-10-24(18-21(3)4)26(19-25)20-32/h7-11,19,21,23H,5-6,12-18H2,1-4H3. The van der Waals surface area contributed by atoms with Crippen molar-refractivity contribution in [2.45, 2.75) is 59.8 Å². The monoisotopic (exact) mass is 530 g/mol. The SMILES string of the molecule is CCOC(=O)C1CCN(CCc2cccc(-c3nnc(-c4ccc(CC(C)C)c(C#N)c4)s3)c2CC)CC1. The van der Waals surface area contributed by atoms with Gasteiger partial charge >= 0.3 is 5.97 Å². The zero-order valence-corrected chi connectivity index (χ0v) is 23.8. The number of hydrogen-bond donors (Lipinski definition) is 0. The van der Waals surface area contributed by atoms with Gasteiger partial charge in [-0.25, -0.2) is 0 Å². The van der Waals surface area contributed by atoms with Gasteiger partial charge in [-0.1, -0.05) is 62.4 Å². The number of nitriles is 1. The van der Waals surface area contributed by atoms with Crippen LogP contribution in [0.2, 0.25) is 0 Å². The van der Waals surface area contributed by atoms with Gasteiger partial charge in [0.25, 0.3) is 0 Å². The maximum Gasteiger partial charge on any atom is 0.309 e. The molecule has 0 aliphatic carbocycles. The zero-order chi connectivity index (χ0) is 27.1. The van der Waals surface area contributed by atoms with E-state index in [0.29, 0.717) is 12.5 Å². The molecular formula is C31H38N4O2S. The summed E-state index contributed by atoms with van der Waals surface area (Å²) in [4.78, 5) is 14.5. The van der Waals surface area contributed by atoms with Crippen molar-refractivity contribution in [3.8, 4) is 27.2 Å². The van der Waals surface area contributed by atoms with E-state index in [1.165, 1.54) is 11.1 Å². The molecule has 0 amide bonds. The van der Waals surface area contributed by atoms with Crippen molar-refractivity contribution in [2.24, 2.45) is 11.8 Å². The molecule has 0 saturated carbocycles. The van der Waals surface area contributed by atoms with Gasteiger partial charge < -0.3 is 9.64 Å². The van der Waals surface area contributed by atoms with E-state index in [1.807, 2.05) is 13.0 Å². The number of ether oxygens (including phenoxy) is 1. The topological polar surface area (TPSA) is 79.1 Å². The van der Waals surface area contributed by atoms with E-state index < -0.39 is 0 Å². The minimum absolute atomic E-state index is 0.0418. The molecule has 6 nitrogen and oxygen atoms in total. The van der Waals surface area contributed by atoms with Gasteiger partial charge in [0, 0.05) is 17.7 Å². The van der Waals surface area contributed by atoms with Crippen LogP contribution in [0.25, 0.3) is 21.1 Å². The Hall–Kier alpha value is -3.08. The van der Waals surface area contributed by atoms with Crippen LogP contribution in [-0.2, 0) is 28.8 Å². The van der Waals surface area contributed by atoms with E-state index in [2.05, 4.69) is 72.3 Å². The maximum atomic E-state index is 12.1. The highest BCUT2D eigenvalue weighted by atomic mass is 32.1. The Morgan fingerprint density at radius 3 is 2.58 bits per heavy atom. The van der Waals surface area contributed by atoms with E-state index in [4.69, 9.17) is 4.74 Å². The van der Waals surface area contributed by atoms with Gasteiger partial charge in [0.15, 0.2) is 0 Å². The molecule has 0 spiro atoms. The number of nitrogens with zero attached hydrogens (tertiary/aromatic N) is 4. The van der Waals surface area contributed by atoms with Crippen molar-refractivity contribution in [3.05, 3.63) is 58.7 Å². The first-order chi connectivity index (χ1) is 18.4. The summed E-state index contributed by atoms with van der Waals surface area (Å²) in [6, 6.07) is 14.9. The van der Waals surface area contributed by atoms with E-state index in [1.54, 1.807) is 11.3 Å². The summed E-state index contributed by atoms with van der Waals surface area (Å²) in [5, 5.41) is 20.5. The van der Waals surface area contributed by atoms with Gasteiger partial charge in [0.05, 0.1) is 24.2 Å². The van der Waals surface area contributed by atoms with Crippen molar-refractivity contribution >= 4 is 17.3 Å². The fraction of sp³-hybridized carbons (Fsp3) is 0.484. The molecule has 1 saturated heterocycles. The molecule has 4 rings (SSSR count). The van der Waals surface area contributed by atoms with Crippen LogP contribution in [0.4, 0.5) is 0 Å². The average molecular weight is 531 g/mol. The summed E-state index contributed by atoms with van der Waals surface area (Å²) in [5.41, 5.74) is 6.56. The quantitative estimate of drug-likeness (QED) is 0.285. The molecule has 0 bridgehead atoms. The zero-order valence-electron chi connectivity index (χ0n) is 23.0. The van der Waals surface area contributed by atoms with Crippen molar-refractivity contribution in [2.75, 3.05) is 26.2 Å². The van der Waals surface area contributed by atoms with Crippen LogP contribution >= 0.6 is 11.3 Å². The Kier molecular flexibility index (Phi) is 9.65. The molecule has 7 heteroatoms. The van der Waals surface area contributed by atoms with Crippen LogP contribution in [0.1, 0.15) is 62.8 Å². The summed E-state index contributed by atoms with van der Waals surface area (Å²) in [6.45, 7) is 11.7. The van der Waals surface area contributed by atoms with E-state index in [0.717, 1.165) is 84.0 Å². The highest BCUT2D eigenvalue weighted by Gasteiger charge is 2.26. The van der Waals surface area contributed by atoms with E-state index >= 15 is 0 Å². The van der Waals surface area contributed by atoms with Crippen LogP contribution < -0.4 is 0 Å². The fourth-order valence-corrected chi connectivity index (χ4v) is 6.19. The van der Waals surface area contributed by atoms with Crippen molar-refractivity contribution < 1.29 is 9.53 Å². The number of piperidine rings is 1. The number of benzene rings is 2. The number of rotatable bonds is 10. The number of carbonyl (C=O) groups excluding carboxylic acids is 1. The molecule has 2 aromatic carbocycles. The molecule has 1 fully saturated rings. The average Bonchev–Trinajstić information content (AvgIpc) is 3.42. The Morgan fingerprint density at radius 1 is 1.13 bits per heavy atom. The summed E-state index contributed by atoms with van der Waals surface area (Å²) < 4.78 is 5.21. The third-order valence-electron chi connectivity index (χ3n) is 7.29. The lowest BCUT2D eigenvalue weighted by atomic mass is 9.95. The third-order valence-corrected chi connectivity index (χ3v) is 8.30. The lowest BCUT2D eigenvalue weighted by Crippen LogP contribution is -2.38. The Bertz CT molecular complexity index is 1290. The maximum absolute atomic E-state index is 12.1. The van der Waals surface area contributed by atoms with E-state index in [-0.39, 0.29) is 11.9 Å². The highest BCUT2D eigenvalue weighted by Crippen LogP contribution is 2.34. The molecule has 2 heterocycles. The normalized spacial score (nSPS) is 14.5. The molecule has 38 heavy (non-hydrogen) atoms. The van der Waals surface area contributed by atoms with Gasteiger partial charge in [0.2, 0.25) is 0 Å². The first-order valence-corrected chi connectivity index (χ1v) is 14.6. The van der Waals surface area contributed by atoms with Crippen LogP contribution in [0.15, 0.2) is 36.4 Å². The second-order valence-corrected chi connectivity index (χ2v) is 11.4. The van der Waals surface area contributed by atoms with Crippen molar-refractivity contribution in [1.82, 2.24) is 15.1 Å². The largest absolute Gasteiger partial charge is 0.466 e. The molecule has 0 N–H and O–H groups in total. The lowest BCUT2D eigenvalue weighted by molar-refractivity contribution is -0.149. The molecule has 3 aromatic rings. The predicted octanol–water partition coefficient (Wildman–Crippen LogP) is 6.32. The van der Waals surface area contributed by atoms with Crippen LogP contribution in [0.5, 0.6) is 0 Å². The Balaban J connectivity index is 1.47. The molecule has 0 atom stereocenters. The van der Waals surface area contributed by atoms with Crippen molar-refractivity contribution in [3.63, 3.8) is 0 Å². The summed E-state index contributed by atoms with van der Waals surface area (Å²) in [5.74, 6) is 0.500. The predicted molar refractivity (Wildman–Crippen MR) is 153 cm³/mol. The minimum atomic E-state index is -0.0418. The Labute approximate surface area is 230 Å². The van der Waals surface area contributed by atoms with Crippen LogP contribution in [-0.4, -0.2) is 47.3 Å². The first-order valence-electron chi connectivity index (χ1n) is 13.8. The smallest absolute Gasteiger partial charge is 0.309 e. The number of hydrogen-bond acceptors (Lipinski definition) is 7. The molecule has 0 radical (unpaired) electrons. The molecule has 1 aliphatic heterocycles. The number of likely N-dealkylation sites (tertiary alicyclic amines) is 1. The molecule has 1 aliphatic rings. The van der Waals surface area contributed by atoms with Gasteiger partial charge in [-0.15, -0.1) is 10.2 Å². The molecule has 200 valence electrons.